The van der Waals surface area contributed by atoms with E-state index in [1.807, 2.05) is 31.2 Å². The lowest BCUT2D eigenvalue weighted by Gasteiger charge is -2.11. The Bertz CT molecular complexity index is 545. The number of amides is 2. The number of allylic oxidation sites excluding steroid dienone is 3. The van der Waals surface area contributed by atoms with Crippen molar-refractivity contribution >= 4 is 11.8 Å². The van der Waals surface area contributed by atoms with E-state index in [2.05, 4.69) is 5.32 Å². The molecule has 0 aliphatic rings. The molecule has 0 aromatic heterocycles. The highest BCUT2D eigenvalue weighted by Gasteiger charge is 2.07. The van der Waals surface area contributed by atoms with Crippen molar-refractivity contribution in [3.8, 4) is 0 Å². The molecule has 2 amide bonds. The lowest BCUT2D eigenvalue weighted by molar-refractivity contribution is -0.116. The maximum Gasteiger partial charge on any atom is 0.253 e. The van der Waals surface area contributed by atoms with E-state index in [0.717, 1.165) is 5.56 Å². The molecule has 21 heavy (non-hydrogen) atoms. The molecule has 0 saturated heterocycles. The van der Waals surface area contributed by atoms with Crippen molar-refractivity contribution < 1.29 is 9.59 Å². The van der Waals surface area contributed by atoms with Gasteiger partial charge in [-0.2, -0.15) is 0 Å². The fourth-order valence-corrected chi connectivity index (χ4v) is 1.76. The Morgan fingerprint density at radius 2 is 2.00 bits per heavy atom. The summed E-state index contributed by atoms with van der Waals surface area (Å²) in [7, 11) is 3.46. The zero-order valence-corrected chi connectivity index (χ0v) is 12.8. The predicted octanol–water partition coefficient (Wildman–Crippen LogP) is 2.18. The first kappa shape index (κ1) is 16.7. The van der Waals surface area contributed by atoms with Crippen molar-refractivity contribution in [1.82, 2.24) is 10.2 Å². The van der Waals surface area contributed by atoms with Crippen molar-refractivity contribution in [2.45, 2.75) is 13.3 Å². The van der Waals surface area contributed by atoms with Crippen LogP contribution in [0, 0.1) is 0 Å². The van der Waals surface area contributed by atoms with Crippen molar-refractivity contribution in [2.75, 3.05) is 20.6 Å². The number of hydrogen-bond acceptors (Lipinski definition) is 2. The molecule has 0 atom stereocenters. The van der Waals surface area contributed by atoms with Crippen LogP contribution in [0.4, 0.5) is 0 Å². The SMILES string of the molecule is C/C=C/C=C\C(=O)NCCc1cccc(C(=O)N(C)C)c1. The molecule has 4 nitrogen and oxygen atoms in total. The summed E-state index contributed by atoms with van der Waals surface area (Å²) < 4.78 is 0. The van der Waals surface area contributed by atoms with Gasteiger partial charge in [-0.3, -0.25) is 9.59 Å². The quantitative estimate of drug-likeness (QED) is 0.643. The van der Waals surface area contributed by atoms with Crippen LogP contribution in [0.2, 0.25) is 0 Å². The monoisotopic (exact) mass is 286 g/mol. The Balaban J connectivity index is 2.51. The highest BCUT2D eigenvalue weighted by molar-refractivity contribution is 5.94. The molecular formula is C17H22N2O2. The Hall–Kier alpha value is -2.36. The summed E-state index contributed by atoms with van der Waals surface area (Å²) in [5.41, 5.74) is 1.69. The van der Waals surface area contributed by atoms with Gasteiger partial charge in [-0.1, -0.05) is 30.4 Å². The Kier molecular flexibility index (Phi) is 6.95. The van der Waals surface area contributed by atoms with Gasteiger partial charge in [-0.15, -0.1) is 0 Å². The van der Waals surface area contributed by atoms with Gasteiger partial charge >= 0.3 is 0 Å². The third-order valence-electron chi connectivity index (χ3n) is 2.84. The van der Waals surface area contributed by atoms with Crippen molar-refractivity contribution in [1.29, 1.82) is 0 Å². The van der Waals surface area contributed by atoms with Crippen LogP contribution in [0.1, 0.15) is 22.8 Å². The number of nitrogens with one attached hydrogen (secondary N) is 1. The molecule has 1 aromatic rings. The van der Waals surface area contributed by atoms with E-state index in [0.29, 0.717) is 18.5 Å². The molecule has 0 aliphatic heterocycles. The summed E-state index contributed by atoms with van der Waals surface area (Å²) in [6, 6.07) is 7.47. The van der Waals surface area contributed by atoms with E-state index in [1.54, 1.807) is 37.2 Å². The summed E-state index contributed by atoms with van der Waals surface area (Å²) in [5.74, 6) is -0.135. The highest BCUT2D eigenvalue weighted by atomic mass is 16.2. The van der Waals surface area contributed by atoms with Gasteiger partial charge in [0.2, 0.25) is 5.91 Å². The van der Waals surface area contributed by atoms with Gasteiger partial charge in [0.25, 0.3) is 5.91 Å². The van der Waals surface area contributed by atoms with Gasteiger partial charge in [-0.25, -0.2) is 0 Å². The smallest absolute Gasteiger partial charge is 0.253 e. The van der Waals surface area contributed by atoms with Gasteiger partial charge in [0.1, 0.15) is 0 Å². The molecule has 0 saturated carbocycles. The van der Waals surface area contributed by atoms with E-state index in [4.69, 9.17) is 0 Å². The second kappa shape index (κ2) is 8.74. The molecule has 1 rings (SSSR count). The second-order valence-corrected chi connectivity index (χ2v) is 4.83. The lowest BCUT2D eigenvalue weighted by atomic mass is 10.1. The van der Waals surface area contributed by atoms with E-state index in [-0.39, 0.29) is 11.8 Å². The first-order valence-corrected chi connectivity index (χ1v) is 6.92. The number of nitrogens with zero attached hydrogens (tertiary/aromatic N) is 1. The standard InChI is InChI=1S/C17H22N2O2/c1-4-5-6-10-16(20)18-12-11-14-8-7-9-15(13-14)17(21)19(2)3/h4-10,13H,11-12H2,1-3H3,(H,18,20)/b5-4+,10-6-. The number of rotatable bonds is 6. The predicted molar refractivity (Wildman–Crippen MR) is 85.1 cm³/mol. The molecular weight excluding hydrogens is 264 g/mol. The van der Waals surface area contributed by atoms with E-state index < -0.39 is 0 Å². The third-order valence-corrected chi connectivity index (χ3v) is 2.84. The van der Waals surface area contributed by atoms with Crippen LogP contribution in [-0.4, -0.2) is 37.4 Å². The summed E-state index contributed by atoms with van der Waals surface area (Å²) in [5, 5.41) is 2.81. The Morgan fingerprint density at radius 3 is 2.67 bits per heavy atom. The highest BCUT2D eigenvalue weighted by Crippen LogP contribution is 2.07. The van der Waals surface area contributed by atoms with Gasteiger partial charge in [0.05, 0.1) is 0 Å². The van der Waals surface area contributed by atoms with Crippen LogP contribution >= 0.6 is 0 Å². The minimum absolute atomic E-state index is 0.0184. The normalized spacial score (nSPS) is 11.0. The molecule has 0 radical (unpaired) electrons. The van der Waals surface area contributed by atoms with Crippen LogP contribution in [0.3, 0.4) is 0 Å². The number of benzene rings is 1. The minimum Gasteiger partial charge on any atom is -0.352 e. The molecule has 0 aliphatic carbocycles. The van der Waals surface area contributed by atoms with Gasteiger partial charge < -0.3 is 10.2 Å². The van der Waals surface area contributed by atoms with Crippen LogP contribution < -0.4 is 5.32 Å². The summed E-state index contributed by atoms with van der Waals surface area (Å²) in [6.07, 6.45) is 7.54. The van der Waals surface area contributed by atoms with Gasteiger partial charge in [0.15, 0.2) is 0 Å². The first-order valence-electron chi connectivity index (χ1n) is 6.92. The van der Waals surface area contributed by atoms with Gasteiger partial charge in [-0.05, 0) is 31.0 Å². The first-order chi connectivity index (χ1) is 10.0. The minimum atomic E-state index is -0.117. The largest absolute Gasteiger partial charge is 0.352 e. The summed E-state index contributed by atoms with van der Waals surface area (Å²) in [6.45, 7) is 2.43. The molecule has 0 spiro atoms. The summed E-state index contributed by atoms with van der Waals surface area (Å²) in [4.78, 5) is 24.9. The zero-order valence-electron chi connectivity index (χ0n) is 12.8. The zero-order chi connectivity index (χ0) is 15.7. The number of carbonyl (C=O) groups is 2. The Labute approximate surface area is 126 Å². The maximum absolute atomic E-state index is 11.9. The molecule has 1 aromatic carbocycles. The third kappa shape index (κ3) is 6.08. The van der Waals surface area contributed by atoms with Crippen molar-refractivity contribution in [3.05, 3.63) is 59.7 Å². The molecule has 0 fully saturated rings. The molecule has 0 unspecified atom stereocenters. The fraction of sp³-hybridized carbons (Fsp3) is 0.294. The van der Waals surface area contributed by atoms with Gasteiger partial charge in [0, 0.05) is 32.3 Å². The lowest BCUT2D eigenvalue weighted by Crippen LogP contribution is -2.24. The average molecular weight is 286 g/mol. The van der Waals surface area contributed by atoms with Crippen LogP contribution in [0.5, 0.6) is 0 Å². The molecule has 1 N–H and O–H groups in total. The molecule has 4 heteroatoms. The second-order valence-electron chi connectivity index (χ2n) is 4.83. The van der Waals surface area contributed by atoms with Crippen molar-refractivity contribution in [2.24, 2.45) is 0 Å². The molecule has 0 bridgehead atoms. The van der Waals surface area contributed by atoms with E-state index >= 15 is 0 Å². The molecule has 0 heterocycles. The fourth-order valence-electron chi connectivity index (χ4n) is 1.76. The number of carbonyl (C=O) groups excluding carboxylic acids is 2. The van der Waals surface area contributed by atoms with E-state index in [1.165, 1.54) is 6.08 Å². The van der Waals surface area contributed by atoms with Crippen LogP contribution in [0.25, 0.3) is 0 Å². The van der Waals surface area contributed by atoms with Crippen molar-refractivity contribution in [3.63, 3.8) is 0 Å². The average Bonchev–Trinajstić information content (AvgIpc) is 2.47. The van der Waals surface area contributed by atoms with E-state index in [9.17, 15) is 9.59 Å². The number of hydrogen-bond donors (Lipinski definition) is 1. The van der Waals surface area contributed by atoms with Crippen LogP contribution in [-0.2, 0) is 11.2 Å². The maximum atomic E-state index is 11.9. The molecule has 112 valence electrons. The Morgan fingerprint density at radius 1 is 1.24 bits per heavy atom. The van der Waals surface area contributed by atoms with Crippen LogP contribution in [0.15, 0.2) is 48.6 Å². The topological polar surface area (TPSA) is 49.4 Å². The summed E-state index contributed by atoms with van der Waals surface area (Å²) >= 11 is 0.